The molecule has 0 saturated heterocycles. The Morgan fingerprint density at radius 2 is 2.21 bits per heavy atom. The normalized spacial score (nSPS) is 10.3. The molecule has 5 nitrogen and oxygen atoms in total. The number of methoxy groups -OCH3 is 1. The molecule has 0 fully saturated rings. The molecule has 2 aromatic heterocycles. The Morgan fingerprint density at radius 1 is 1.37 bits per heavy atom. The second-order valence-electron chi connectivity index (χ2n) is 3.87. The quantitative estimate of drug-likeness (QED) is 0.852. The number of pyridine rings is 1. The van der Waals surface area contributed by atoms with Gasteiger partial charge in [0.15, 0.2) is 0 Å². The van der Waals surface area contributed by atoms with Gasteiger partial charge in [0.2, 0.25) is 5.88 Å². The number of halogens is 1. The molecule has 1 N–H and O–H groups in total. The maximum absolute atomic E-state index is 5.94. The molecule has 0 atom stereocenters. The van der Waals surface area contributed by atoms with E-state index in [1.165, 1.54) is 0 Å². The molecule has 0 aromatic carbocycles. The molecule has 0 aliphatic heterocycles. The summed E-state index contributed by atoms with van der Waals surface area (Å²) in [4.78, 5) is 12.6. The molecule has 100 valence electrons. The van der Waals surface area contributed by atoms with Crippen LogP contribution in [-0.2, 0) is 13.0 Å². The summed E-state index contributed by atoms with van der Waals surface area (Å²) in [6.07, 6.45) is 2.44. The second kappa shape index (κ2) is 6.33. The van der Waals surface area contributed by atoms with Gasteiger partial charge in [0.05, 0.1) is 7.11 Å². The second-order valence-corrected chi connectivity index (χ2v) is 4.26. The van der Waals surface area contributed by atoms with Crippen LogP contribution in [0.1, 0.15) is 18.3 Å². The zero-order chi connectivity index (χ0) is 13.7. The van der Waals surface area contributed by atoms with Gasteiger partial charge in [-0.15, -0.1) is 0 Å². The van der Waals surface area contributed by atoms with Crippen LogP contribution in [0.25, 0.3) is 0 Å². The number of aromatic nitrogens is 3. The van der Waals surface area contributed by atoms with E-state index in [0.29, 0.717) is 29.2 Å². The van der Waals surface area contributed by atoms with Crippen molar-refractivity contribution in [3.8, 4) is 5.88 Å². The van der Waals surface area contributed by atoms with E-state index >= 15 is 0 Å². The van der Waals surface area contributed by atoms with E-state index in [1.54, 1.807) is 19.4 Å². The monoisotopic (exact) mass is 278 g/mol. The van der Waals surface area contributed by atoms with Crippen molar-refractivity contribution in [1.29, 1.82) is 0 Å². The van der Waals surface area contributed by atoms with E-state index in [4.69, 9.17) is 16.3 Å². The highest BCUT2D eigenvalue weighted by Crippen LogP contribution is 2.17. The maximum Gasteiger partial charge on any atom is 0.218 e. The highest BCUT2D eigenvalue weighted by molar-refractivity contribution is 6.29. The van der Waals surface area contributed by atoms with Crippen molar-refractivity contribution in [3.63, 3.8) is 0 Å². The van der Waals surface area contributed by atoms with Crippen molar-refractivity contribution >= 4 is 17.4 Å². The topological polar surface area (TPSA) is 59.9 Å². The number of nitrogens with one attached hydrogen (secondary N) is 1. The fourth-order valence-electron chi connectivity index (χ4n) is 1.64. The summed E-state index contributed by atoms with van der Waals surface area (Å²) < 4.78 is 5.19. The van der Waals surface area contributed by atoms with Crippen molar-refractivity contribution in [1.82, 2.24) is 15.0 Å². The van der Waals surface area contributed by atoms with E-state index < -0.39 is 0 Å². The van der Waals surface area contributed by atoms with Gasteiger partial charge in [-0.2, -0.15) is 0 Å². The van der Waals surface area contributed by atoms with Crippen LogP contribution in [0.4, 0.5) is 5.82 Å². The van der Waals surface area contributed by atoms with Gasteiger partial charge in [-0.1, -0.05) is 24.6 Å². The molecule has 19 heavy (non-hydrogen) atoms. The zero-order valence-corrected chi connectivity index (χ0v) is 11.6. The molecule has 6 heteroatoms. The number of anilines is 1. The molecule has 0 amide bonds. The highest BCUT2D eigenvalue weighted by atomic mass is 35.5. The van der Waals surface area contributed by atoms with Gasteiger partial charge in [0.1, 0.15) is 16.8 Å². The van der Waals surface area contributed by atoms with E-state index in [1.807, 2.05) is 19.1 Å². The minimum atomic E-state index is 0.438. The molecule has 0 spiro atoms. The van der Waals surface area contributed by atoms with Gasteiger partial charge >= 0.3 is 0 Å². The van der Waals surface area contributed by atoms with Gasteiger partial charge in [-0.25, -0.2) is 15.0 Å². The summed E-state index contributed by atoms with van der Waals surface area (Å²) in [7, 11) is 1.60. The van der Waals surface area contributed by atoms with E-state index in [9.17, 15) is 0 Å². The van der Waals surface area contributed by atoms with Crippen LogP contribution < -0.4 is 10.1 Å². The molecule has 0 aliphatic rings. The largest absolute Gasteiger partial charge is 0.481 e. The van der Waals surface area contributed by atoms with Crippen molar-refractivity contribution in [2.75, 3.05) is 12.4 Å². The van der Waals surface area contributed by atoms with Crippen LogP contribution in [0.5, 0.6) is 5.88 Å². The first-order valence-corrected chi connectivity index (χ1v) is 6.36. The fourth-order valence-corrected chi connectivity index (χ4v) is 1.84. The lowest BCUT2D eigenvalue weighted by Gasteiger charge is -2.09. The minimum Gasteiger partial charge on any atom is -0.481 e. The number of hydrogen-bond donors (Lipinski definition) is 1. The molecule has 2 heterocycles. The summed E-state index contributed by atoms with van der Waals surface area (Å²) in [5.41, 5.74) is 0.956. The Morgan fingerprint density at radius 3 is 2.95 bits per heavy atom. The maximum atomic E-state index is 5.94. The van der Waals surface area contributed by atoms with Crippen LogP contribution in [-0.4, -0.2) is 22.1 Å². The van der Waals surface area contributed by atoms with Crippen LogP contribution in [0.15, 0.2) is 24.4 Å². The van der Waals surface area contributed by atoms with Crippen LogP contribution in [0.2, 0.25) is 5.15 Å². The molecule has 0 unspecified atom stereocenters. The molecular weight excluding hydrogens is 264 g/mol. The summed E-state index contributed by atoms with van der Waals surface area (Å²) >= 11 is 5.94. The lowest BCUT2D eigenvalue weighted by atomic mass is 10.2. The summed E-state index contributed by atoms with van der Waals surface area (Å²) in [5, 5.41) is 3.63. The summed E-state index contributed by atoms with van der Waals surface area (Å²) in [6.45, 7) is 2.55. The Bertz CT molecular complexity index is 562. The van der Waals surface area contributed by atoms with E-state index in [-0.39, 0.29) is 0 Å². The minimum absolute atomic E-state index is 0.438. The van der Waals surface area contributed by atoms with Crippen molar-refractivity contribution in [3.05, 3.63) is 40.9 Å². The predicted molar refractivity (Wildman–Crippen MR) is 74.5 cm³/mol. The van der Waals surface area contributed by atoms with Gasteiger partial charge in [-0.05, 0) is 6.07 Å². The first-order valence-electron chi connectivity index (χ1n) is 5.98. The van der Waals surface area contributed by atoms with Crippen LogP contribution in [0.3, 0.4) is 0 Å². The number of rotatable bonds is 5. The predicted octanol–water partition coefficient (Wildman–Crippen LogP) is 2.71. The third-order valence-corrected chi connectivity index (χ3v) is 2.75. The van der Waals surface area contributed by atoms with Gasteiger partial charge < -0.3 is 10.1 Å². The molecule has 0 saturated carbocycles. The number of ether oxygens (including phenoxy) is 1. The summed E-state index contributed by atoms with van der Waals surface area (Å²) in [5.74, 6) is 2.02. The highest BCUT2D eigenvalue weighted by Gasteiger charge is 2.05. The van der Waals surface area contributed by atoms with Gasteiger partial charge in [0, 0.05) is 30.8 Å². The van der Waals surface area contributed by atoms with Crippen LogP contribution in [0, 0.1) is 0 Å². The first-order chi connectivity index (χ1) is 9.22. The number of hydrogen-bond acceptors (Lipinski definition) is 5. The van der Waals surface area contributed by atoms with E-state index in [2.05, 4.69) is 20.3 Å². The van der Waals surface area contributed by atoms with Crippen molar-refractivity contribution in [2.24, 2.45) is 0 Å². The average molecular weight is 279 g/mol. The lowest BCUT2D eigenvalue weighted by molar-refractivity contribution is 0.393. The molecule has 0 bridgehead atoms. The Balaban J connectivity index is 2.12. The lowest BCUT2D eigenvalue weighted by Crippen LogP contribution is -2.06. The van der Waals surface area contributed by atoms with Crippen molar-refractivity contribution in [2.45, 2.75) is 19.9 Å². The first kappa shape index (κ1) is 13.5. The molecule has 0 radical (unpaired) electrons. The molecule has 0 aliphatic carbocycles. The third kappa shape index (κ3) is 3.54. The van der Waals surface area contributed by atoms with Gasteiger partial charge in [0.25, 0.3) is 0 Å². The molecular formula is C13H15ClN4O. The molecule has 2 aromatic rings. The molecule has 2 rings (SSSR count). The SMILES string of the molecule is CCc1nc(Cl)cc(NCc2cccnc2OC)n1. The third-order valence-electron chi connectivity index (χ3n) is 2.56. The fraction of sp³-hybridized carbons (Fsp3) is 0.308. The van der Waals surface area contributed by atoms with E-state index in [0.717, 1.165) is 12.0 Å². The Labute approximate surface area is 117 Å². The number of nitrogens with zero attached hydrogens (tertiary/aromatic N) is 3. The number of aryl methyl sites for hydroxylation is 1. The standard InChI is InChI=1S/C13H15ClN4O/c1-3-11-17-10(14)7-12(18-11)16-8-9-5-4-6-15-13(9)19-2/h4-7H,3,8H2,1-2H3,(H,16,17,18). The van der Waals surface area contributed by atoms with Gasteiger partial charge in [-0.3, -0.25) is 0 Å². The zero-order valence-electron chi connectivity index (χ0n) is 10.9. The Hall–Kier alpha value is -1.88. The van der Waals surface area contributed by atoms with Crippen molar-refractivity contribution < 1.29 is 4.74 Å². The average Bonchev–Trinajstić information content (AvgIpc) is 2.44. The smallest absolute Gasteiger partial charge is 0.218 e. The Kier molecular flexibility index (Phi) is 4.52. The van der Waals surface area contributed by atoms with Crippen LogP contribution >= 0.6 is 11.6 Å². The summed E-state index contributed by atoms with van der Waals surface area (Å²) in [6, 6.07) is 5.51.